The molecule has 1 aliphatic heterocycles. The SMILES string of the molecule is CN(C)CCn1cc(CN(CCCN2C(=O)NC(C)(C)C2=O)Cc2cn(CC[N+](C)(C)C)nn2)nn1. The van der Waals surface area contributed by atoms with Crippen LogP contribution in [0, 0.1) is 0 Å². The van der Waals surface area contributed by atoms with Crippen LogP contribution in [-0.4, -0.2) is 128 Å². The maximum absolute atomic E-state index is 12.5. The van der Waals surface area contributed by atoms with Gasteiger partial charge in [0.1, 0.15) is 5.54 Å². The monoisotopic (exact) mass is 504 g/mol. The van der Waals surface area contributed by atoms with Crippen molar-refractivity contribution in [3.05, 3.63) is 23.8 Å². The van der Waals surface area contributed by atoms with Crippen molar-refractivity contribution in [3.63, 3.8) is 0 Å². The number of urea groups is 1. The summed E-state index contributed by atoms with van der Waals surface area (Å²) in [6, 6.07) is -0.333. The summed E-state index contributed by atoms with van der Waals surface area (Å²) in [5.41, 5.74) is 0.876. The van der Waals surface area contributed by atoms with Gasteiger partial charge in [-0.05, 0) is 34.4 Å². The number of imide groups is 1. The van der Waals surface area contributed by atoms with E-state index >= 15 is 0 Å². The van der Waals surface area contributed by atoms with Crippen LogP contribution in [-0.2, 0) is 31.0 Å². The topological polar surface area (TPSA) is 117 Å². The van der Waals surface area contributed by atoms with E-state index in [1.807, 2.05) is 35.9 Å². The maximum atomic E-state index is 12.5. The highest BCUT2D eigenvalue weighted by Crippen LogP contribution is 2.17. The van der Waals surface area contributed by atoms with Gasteiger partial charge in [0, 0.05) is 45.1 Å². The van der Waals surface area contributed by atoms with Gasteiger partial charge in [-0.2, -0.15) is 0 Å². The fraction of sp³-hybridized carbons (Fsp3) is 0.739. The zero-order valence-corrected chi connectivity index (χ0v) is 22.8. The molecule has 1 aliphatic rings. The van der Waals surface area contributed by atoms with Crippen LogP contribution in [0.4, 0.5) is 4.79 Å². The number of quaternary nitrogens is 1. The number of likely N-dealkylation sites (N-methyl/N-ethyl adjacent to an activating group) is 2. The van der Waals surface area contributed by atoms with Gasteiger partial charge in [-0.1, -0.05) is 10.4 Å². The Kier molecular flexibility index (Phi) is 8.80. The number of hydrogen-bond donors (Lipinski definition) is 1. The summed E-state index contributed by atoms with van der Waals surface area (Å²) < 4.78 is 4.58. The smallest absolute Gasteiger partial charge is 0.325 e. The van der Waals surface area contributed by atoms with E-state index in [9.17, 15) is 9.59 Å². The molecule has 0 unspecified atom stereocenters. The number of hydrogen-bond acceptors (Lipinski definition) is 8. The minimum absolute atomic E-state index is 0.192. The minimum Gasteiger partial charge on any atom is -0.329 e. The summed E-state index contributed by atoms with van der Waals surface area (Å²) in [7, 11) is 10.5. The Morgan fingerprint density at radius 2 is 1.50 bits per heavy atom. The van der Waals surface area contributed by atoms with E-state index in [2.05, 4.69) is 56.9 Å². The van der Waals surface area contributed by atoms with E-state index in [0.717, 1.165) is 42.0 Å². The third-order valence-electron chi connectivity index (χ3n) is 6.02. The normalized spacial score (nSPS) is 16.0. The van der Waals surface area contributed by atoms with Gasteiger partial charge in [0.05, 0.1) is 52.2 Å². The first kappa shape index (κ1) is 27.7. The molecule has 2 aromatic rings. The molecular formula is C23H42N11O2+. The summed E-state index contributed by atoms with van der Waals surface area (Å²) in [4.78, 5) is 30.4. The molecular weight excluding hydrogens is 462 g/mol. The molecule has 0 aromatic carbocycles. The Hall–Kier alpha value is -2.90. The summed E-state index contributed by atoms with van der Waals surface area (Å²) in [6.07, 6.45) is 4.59. The number of nitrogens with zero attached hydrogens (tertiary/aromatic N) is 10. The average molecular weight is 505 g/mol. The lowest BCUT2D eigenvalue weighted by atomic mass is 10.1. The first-order valence-electron chi connectivity index (χ1n) is 12.4. The van der Waals surface area contributed by atoms with Gasteiger partial charge < -0.3 is 14.7 Å². The van der Waals surface area contributed by atoms with Gasteiger partial charge in [0.15, 0.2) is 0 Å². The number of carbonyl (C=O) groups excluding carboxylic acids is 2. The van der Waals surface area contributed by atoms with Gasteiger partial charge >= 0.3 is 6.03 Å². The van der Waals surface area contributed by atoms with E-state index in [-0.39, 0.29) is 11.9 Å². The lowest BCUT2D eigenvalue weighted by Crippen LogP contribution is -2.40. The Labute approximate surface area is 213 Å². The predicted octanol–water partition coefficient (Wildman–Crippen LogP) is -0.140. The van der Waals surface area contributed by atoms with Gasteiger partial charge in [-0.25, -0.2) is 9.48 Å². The summed E-state index contributed by atoms with van der Waals surface area (Å²) in [5, 5.41) is 20.0. The van der Waals surface area contributed by atoms with Crippen LogP contribution in [0.25, 0.3) is 0 Å². The molecule has 0 radical (unpaired) electrons. The molecule has 1 N–H and O–H groups in total. The first-order valence-corrected chi connectivity index (χ1v) is 12.4. The molecule has 36 heavy (non-hydrogen) atoms. The number of nitrogens with one attached hydrogen (secondary N) is 1. The van der Waals surface area contributed by atoms with Gasteiger partial charge in [-0.15, -0.1) is 10.2 Å². The predicted molar refractivity (Wildman–Crippen MR) is 135 cm³/mol. The van der Waals surface area contributed by atoms with Crippen molar-refractivity contribution in [2.24, 2.45) is 0 Å². The molecule has 200 valence electrons. The standard InChI is InChI=1S/C23H41N11O2/c1-23(2)21(35)33(22(36)24-23)10-8-9-30(15-19-17-31(27-25-19)12-11-29(3)4)16-20-18-32(28-26-20)13-14-34(5,6)7/h17-18H,8-16H2,1-7H3/p+1. The second kappa shape index (κ2) is 11.4. The molecule has 0 bridgehead atoms. The molecule has 1 saturated heterocycles. The van der Waals surface area contributed by atoms with E-state index in [0.29, 0.717) is 32.6 Å². The molecule has 2 aromatic heterocycles. The number of rotatable bonds is 14. The van der Waals surface area contributed by atoms with Crippen molar-refractivity contribution in [2.45, 2.75) is 52.0 Å². The molecule has 0 atom stereocenters. The van der Waals surface area contributed by atoms with Crippen LogP contribution < -0.4 is 5.32 Å². The van der Waals surface area contributed by atoms with Crippen LogP contribution >= 0.6 is 0 Å². The molecule has 3 rings (SSSR count). The summed E-state index contributed by atoms with van der Waals surface area (Å²) >= 11 is 0. The van der Waals surface area contributed by atoms with Gasteiger partial charge in [-0.3, -0.25) is 19.3 Å². The Morgan fingerprint density at radius 1 is 0.917 bits per heavy atom. The minimum atomic E-state index is -0.855. The van der Waals surface area contributed by atoms with E-state index in [4.69, 9.17) is 0 Å². The number of amides is 3. The molecule has 13 nitrogen and oxygen atoms in total. The highest BCUT2D eigenvalue weighted by atomic mass is 16.2. The largest absolute Gasteiger partial charge is 0.329 e. The van der Waals surface area contributed by atoms with Crippen LogP contribution in [0.15, 0.2) is 12.4 Å². The average Bonchev–Trinajstić information content (AvgIpc) is 3.45. The molecule has 3 amide bonds. The highest BCUT2D eigenvalue weighted by Gasteiger charge is 2.43. The van der Waals surface area contributed by atoms with Crippen molar-refractivity contribution in [3.8, 4) is 0 Å². The second-order valence-electron chi connectivity index (χ2n) is 11.3. The van der Waals surface area contributed by atoms with E-state index in [1.54, 1.807) is 13.8 Å². The lowest BCUT2D eigenvalue weighted by Gasteiger charge is -2.23. The summed E-state index contributed by atoms with van der Waals surface area (Å²) in [6.45, 7) is 9.02. The van der Waals surface area contributed by atoms with Crippen LogP contribution in [0.5, 0.6) is 0 Å². The zero-order chi connectivity index (χ0) is 26.5. The number of carbonyl (C=O) groups is 2. The number of aromatic nitrogens is 6. The molecule has 0 saturated carbocycles. The van der Waals surface area contributed by atoms with Crippen molar-refractivity contribution in [1.29, 1.82) is 0 Å². The third-order valence-corrected chi connectivity index (χ3v) is 6.02. The van der Waals surface area contributed by atoms with E-state index in [1.165, 1.54) is 4.90 Å². The van der Waals surface area contributed by atoms with Gasteiger partial charge in [0.2, 0.25) is 0 Å². The molecule has 0 aliphatic carbocycles. The van der Waals surface area contributed by atoms with Crippen molar-refractivity contribution in [2.75, 3.05) is 61.4 Å². The first-order chi connectivity index (χ1) is 16.8. The summed E-state index contributed by atoms with van der Waals surface area (Å²) in [5.74, 6) is -0.192. The van der Waals surface area contributed by atoms with Gasteiger partial charge in [0.25, 0.3) is 5.91 Å². The third kappa shape index (κ3) is 8.07. The quantitative estimate of drug-likeness (QED) is 0.279. The Morgan fingerprint density at radius 3 is 2.00 bits per heavy atom. The van der Waals surface area contributed by atoms with E-state index < -0.39 is 5.54 Å². The molecule has 0 spiro atoms. The molecule has 3 heterocycles. The van der Waals surface area contributed by atoms with Crippen molar-refractivity contribution >= 4 is 11.9 Å². The van der Waals surface area contributed by atoms with Crippen LogP contribution in [0.1, 0.15) is 31.7 Å². The Balaban J connectivity index is 1.63. The Bertz CT molecular complexity index is 1020. The van der Waals surface area contributed by atoms with Crippen LogP contribution in [0.2, 0.25) is 0 Å². The lowest BCUT2D eigenvalue weighted by molar-refractivity contribution is -0.871. The van der Waals surface area contributed by atoms with Crippen LogP contribution in [0.3, 0.4) is 0 Å². The maximum Gasteiger partial charge on any atom is 0.325 e. The van der Waals surface area contributed by atoms with Crippen molar-refractivity contribution < 1.29 is 14.1 Å². The fourth-order valence-corrected chi connectivity index (χ4v) is 3.89. The van der Waals surface area contributed by atoms with Crippen molar-refractivity contribution in [1.82, 2.24) is 50.0 Å². The fourth-order valence-electron chi connectivity index (χ4n) is 3.89. The molecule has 13 heteroatoms. The highest BCUT2D eigenvalue weighted by molar-refractivity contribution is 6.06. The zero-order valence-electron chi connectivity index (χ0n) is 22.8. The molecule has 1 fully saturated rings. The second-order valence-corrected chi connectivity index (χ2v) is 11.3.